The number of carbonyl (C=O) groups excluding carboxylic acids is 1. The van der Waals surface area contributed by atoms with Crippen LogP contribution in [0.4, 0.5) is 0 Å². The molecule has 2 fully saturated rings. The Labute approximate surface area is 198 Å². The minimum atomic E-state index is -2.08. The van der Waals surface area contributed by atoms with Gasteiger partial charge in [-0.3, -0.25) is 5.41 Å². The van der Waals surface area contributed by atoms with Gasteiger partial charge in [-0.25, -0.2) is 4.79 Å². The maximum Gasteiger partial charge on any atom is 0.337 e. The summed E-state index contributed by atoms with van der Waals surface area (Å²) in [4.78, 5) is 11.8. The number of nitrogens with zero attached hydrogens (tertiary/aromatic N) is 3. The zero-order valence-corrected chi connectivity index (χ0v) is 19.2. The molecule has 8 nitrogen and oxygen atoms in total. The number of benzene rings is 2. The highest BCUT2D eigenvalue weighted by Gasteiger charge is 2.79. The summed E-state index contributed by atoms with van der Waals surface area (Å²) >= 11 is 3.38. The number of halogens is 1. The fourth-order valence-corrected chi connectivity index (χ4v) is 5.03. The Morgan fingerprint density at radius 2 is 1.67 bits per heavy atom. The van der Waals surface area contributed by atoms with Crippen molar-refractivity contribution in [2.45, 2.75) is 18.8 Å². The van der Waals surface area contributed by atoms with E-state index in [9.17, 15) is 20.6 Å². The molecule has 0 amide bonds. The van der Waals surface area contributed by atoms with E-state index in [2.05, 4.69) is 22.0 Å². The molecule has 1 N–H and O–H groups in total. The van der Waals surface area contributed by atoms with Gasteiger partial charge in [-0.15, -0.1) is 0 Å². The quantitative estimate of drug-likeness (QED) is 0.612. The summed E-state index contributed by atoms with van der Waals surface area (Å²) in [5, 5.41) is 39.5. The number of ether oxygens (including phenoxy) is 3. The second-order valence-corrected chi connectivity index (χ2v) is 8.81. The van der Waals surface area contributed by atoms with Crippen molar-refractivity contribution < 1.29 is 19.0 Å². The molecule has 2 aliphatic rings. The Kier molecular flexibility index (Phi) is 5.25. The molecule has 0 aliphatic carbocycles. The van der Waals surface area contributed by atoms with Crippen LogP contribution in [0.25, 0.3) is 0 Å². The van der Waals surface area contributed by atoms with Crippen molar-refractivity contribution >= 4 is 27.8 Å². The molecule has 9 heteroatoms. The summed E-state index contributed by atoms with van der Waals surface area (Å²) in [5.74, 6) is -3.46. The van der Waals surface area contributed by atoms with E-state index in [1.165, 1.54) is 19.2 Å². The maximum absolute atomic E-state index is 11.8. The second-order valence-electron chi connectivity index (χ2n) is 7.89. The Bertz CT molecular complexity index is 1260. The molecule has 2 saturated heterocycles. The molecule has 0 spiro atoms. The summed E-state index contributed by atoms with van der Waals surface area (Å²) in [6, 6.07) is 19.2. The molecular formula is C24H17BrN4O4. The third-order valence-corrected chi connectivity index (χ3v) is 7.08. The van der Waals surface area contributed by atoms with Crippen LogP contribution in [0, 0.1) is 56.2 Å². The van der Waals surface area contributed by atoms with Crippen LogP contribution in [0.5, 0.6) is 0 Å². The number of fused-ring (bicyclic) bond motifs is 2. The Morgan fingerprint density at radius 3 is 2.18 bits per heavy atom. The van der Waals surface area contributed by atoms with E-state index in [0.717, 1.165) is 4.47 Å². The smallest absolute Gasteiger partial charge is 0.337 e. The van der Waals surface area contributed by atoms with Crippen molar-refractivity contribution in [3.05, 3.63) is 69.7 Å². The largest absolute Gasteiger partial charge is 0.465 e. The van der Waals surface area contributed by atoms with Gasteiger partial charge in [0.15, 0.2) is 5.41 Å². The van der Waals surface area contributed by atoms with Gasteiger partial charge < -0.3 is 14.2 Å². The molecule has 33 heavy (non-hydrogen) atoms. The van der Waals surface area contributed by atoms with Crippen molar-refractivity contribution in [3.8, 4) is 18.2 Å². The van der Waals surface area contributed by atoms with Gasteiger partial charge in [0.05, 0.1) is 36.8 Å². The number of nitriles is 3. The summed E-state index contributed by atoms with van der Waals surface area (Å²) in [5.41, 5.74) is -2.78. The molecule has 2 heterocycles. The standard InChI is InChI=1S/C24H17BrN4O4/c1-14-23(13-28)21(29)33-24(14,17-7-9-18(25)10-8-17)32-19(22(23,11-26)12-27)15-3-5-16(6-4-15)20(30)31-2/h3-10,14,19,29H,1-2H3. The second kappa shape index (κ2) is 7.71. The fourth-order valence-electron chi connectivity index (χ4n) is 4.76. The first-order chi connectivity index (χ1) is 15.8. The average Bonchev–Trinajstić information content (AvgIpc) is 3.00. The van der Waals surface area contributed by atoms with Crippen molar-refractivity contribution in [2.24, 2.45) is 16.7 Å². The first-order valence-electron chi connectivity index (χ1n) is 9.90. The van der Waals surface area contributed by atoms with E-state index in [1.807, 2.05) is 12.1 Å². The number of hydrogen-bond donors (Lipinski definition) is 1. The van der Waals surface area contributed by atoms with Crippen LogP contribution in [0.3, 0.4) is 0 Å². The molecule has 4 atom stereocenters. The zero-order chi connectivity index (χ0) is 24.0. The number of rotatable bonds is 3. The third kappa shape index (κ3) is 2.75. The monoisotopic (exact) mass is 504 g/mol. The van der Waals surface area contributed by atoms with E-state index in [1.54, 1.807) is 43.3 Å². The average molecular weight is 505 g/mol. The van der Waals surface area contributed by atoms with Gasteiger partial charge in [-0.1, -0.05) is 47.1 Å². The van der Waals surface area contributed by atoms with Crippen molar-refractivity contribution in [2.75, 3.05) is 7.11 Å². The molecule has 4 rings (SSSR count). The summed E-state index contributed by atoms with van der Waals surface area (Å²) in [6.07, 6.45) is -1.25. The highest BCUT2D eigenvalue weighted by molar-refractivity contribution is 9.10. The number of hydrogen-bond acceptors (Lipinski definition) is 8. The van der Waals surface area contributed by atoms with E-state index in [-0.39, 0.29) is 5.56 Å². The lowest BCUT2D eigenvalue weighted by Gasteiger charge is -2.48. The topological polar surface area (TPSA) is 140 Å². The predicted octanol–water partition coefficient (Wildman–Crippen LogP) is 4.35. The minimum absolute atomic E-state index is 0.273. The first kappa shape index (κ1) is 22.5. The van der Waals surface area contributed by atoms with Gasteiger partial charge in [-0.05, 0) is 29.8 Å². The molecule has 0 saturated carbocycles. The van der Waals surface area contributed by atoms with Crippen molar-refractivity contribution in [1.29, 1.82) is 21.2 Å². The Morgan fingerprint density at radius 1 is 1.06 bits per heavy atom. The molecular weight excluding hydrogens is 488 g/mol. The number of methoxy groups -OCH3 is 1. The summed E-state index contributed by atoms with van der Waals surface area (Å²) in [6.45, 7) is 1.65. The minimum Gasteiger partial charge on any atom is -0.465 e. The number of carbonyl (C=O) groups is 1. The highest BCUT2D eigenvalue weighted by atomic mass is 79.9. The van der Waals surface area contributed by atoms with Crippen LogP contribution in [0.15, 0.2) is 53.0 Å². The van der Waals surface area contributed by atoms with Crippen LogP contribution < -0.4 is 0 Å². The predicted molar refractivity (Wildman–Crippen MR) is 117 cm³/mol. The molecule has 2 bridgehead atoms. The molecule has 2 aromatic rings. The zero-order valence-electron chi connectivity index (χ0n) is 17.6. The van der Waals surface area contributed by atoms with Crippen LogP contribution in [-0.2, 0) is 20.0 Å². The molecule has 4 unspecified atom stereocenters. The van der Waals surface area contributed by atoms with Gasteiger partial charge in [0.2, 0.25) is 17.1 Å². The van der Waals surface area contributed by atoms with E-state index < -0.39 is 40.5 Å². The van der Waals surface area contributed by atoms with Gasteiger partial charge in [0.25, 0.3) is 0 Å². The highest BCUT2D eigenvalue weighted by Crippen LogP contribution is 2.68. The number of esters is 1. The van der Waals surface area contributed by atoms with Gasteiger partial charge in [-0.2, -0.15) is 15.8 Å². The van der Waals surface area contributed by atoms with Gasteiger partial charge >= 0.3 is 5.97 Å². The molecule has 0 aromatic heterocycles. The van der Waals surface area contributed by atoms with Crippen LogP contribution in [0.1, 0.15) is 34.5 Å². The lowest BCUT2D eigenvalue weighted by Crippen LogP contribution is -2.57. The third-order valence-electron chi connectivity index (χ3n) is 6.55. The van der Waals surface area contributed by atoms with E-state index in [4.69, 9.17) is 19.6 Å². The van der Waals surface area contributed by atoms with Crippen molar-refractivity contribution in [3.63, 3.8) is 0 Å². The molecule has 164 valence electrons. The Hall–Kier alpha value is -3.71. The van der Waals surface area contributed by atoms with E-state index >= 15 is 0 Å². The lowest BCUT2D eigenvalue weighted by atomic mass is 9.53. The number of nitrogens with one attached hydrogen (secondary N) is 1. The molecule has 2 aliphatic heterocycles. The van der Waals surface area contributed by atoms with Crippen LogP contribution in [-0.4, -0.2) is 19.0 Å². The molecule has 0 radical (unpaired) electrons. The summed E-state index contributed by atoms with van der Waals surface area (Å²) in [7, 11) is 1.26. The lowest BCUT2D eigenvalue weighted by molar-refractivity contribution is -0.288. The SMILES string of the molecule is COC(=O)c1ccc(C2OC3(c4ccc(Br)cc4)OC(=N)C(C#N)(C3C)C2(C#N)C#N)cc1. The van der Waals surface area contributed by atoms with Gasteiger partial charge in [0.1, 0.15) is 6.10 Å². The van der Waals surface area contributed by atoms with Gasteiger partial charge in [0, 0.05) is 10.0 Å². The summed E-state index contributed by atoms with van der Waals surface area (Å²) < 4.78 is 17.9. The Balaban J connectivity index is 1.97. The van der Waals surface area contributed by atoms with E-state index in [0.29, 0.717) is 11.1 Å². The fraction of sp³-hybridized carbons (Fsp3) is 0.292. The maximum atomic E-state index is 11.8. The normalized spacial score (nSPS) is 29.2. The van der Waals surface area contributed by atoms with Crippen LogP contribution >= 0.6 is 15.9 Å². The van der Waals surface area contributed by atoms with Crippen LogP contribution in [0.2, 0.25) is 0 Å². The first-order valence-corrected chi connectivity index (χ1v) is 10.7. The van der Waals surface area contributed by atoms with Crippen molar-refractivity contribution in [1.82, 2.24) is 0 Å². The molecule has 2 aromatic carbocycles.